The van der Waals surface area contributed by atoms with Gasteiger partial charge in [0.15, 0.2) is 0 Å². The molecule has 2 aromatic rings. The van der Waals surface area contributed by atoms with Gasteiger partial charge in [-0.05, 0) is 56.2 Å². The third-order valence-corrected chi connectivity index (χ3v) is 4.71. The Kier molecular flexibility index (Phi) is 6.73. The van der Waals surface area contributed by atoms with Crippen LogP contribution in [0.15, 0.2) is 42.5 Å². The first-order valence-corrected chi connectivity index (χ1v) is 10.6. The molecule has 0 atom stereocenters. The summed E-state index contributed by atoms with van der Waals surface area (Å²) in [5.74, 6) is 0.212. The van der Waals surface area contributed by atoms with E-state index >= 15 is 0 Å². The number of hydrogen-bond donors (Lipinski definition) is 1. The maximum atomic E-state index is 12.7. The van der Waals surface area contributed by atoms with Crippen LogP contribution >= 0.6 is 11.6 Å². The van der Waals surface area contributed by atoms with Gasteiger partial charge in [0.2, 0.25) is 0 Å². The number of anilines is 1. The summed E-state index contributed by atoms with van der Waals surface area (Å²) < 4.78 is 27.5. The van der Waals surface area contributed by atoms with E-state index in [1.54, 1.807) is 41.3 Å². The van der Waals surface area contributed by atoms with Gasteiger partial charge >= 0.3 is 16.1 Å². The highest BCUT2D eigenvalue weighted by molar-refractivity contribution is 7.86. The molecule has 0 aliphatic heterocycles. The number of halogens is 1. The largest absolute Gasteiger partial charge is 0.383 e. The van der Waals surface area contributed by atoms with E-state index in [1.807, 2.05) is 26.8 Å². The molecule has 0 saturated heterocycles. The number of amides is 2. The van der Waals surface area contributed by atoms with Crippen molar-refractivity contribution in [3.8, 4) is 5.75 Å². The Balaban J connectivity index is 2.16. The normalized spacial score (nSPS) is 11.3. The van der Waals surface area contributed by atoms with Crippen molar-refractivity contribution in [2.75, 3.05) is 11.6 Å². The fourth-order valence-corrected chi connectivity index (χ4v) is 3.06. The monoisotopic (exact) mass is 410 g/mol. The number of aryl methyl sites for hydroxylation is 1. The van der Waals surface area contributed by atoms with Gasteiger partial charge < -0.3 is 14.4 Å². The van der Waals surface area contributed by atoms with E-state index in [1.165, 1.54) is 0 Å². The van der Waals surface area contributed by atoms with Gasteiger partial charge in [-0.15, -0.1) is 0 Å². The minimum atomic E-state index is -3.61. The Morgan fingerprint density at radius 2 is 1.93 bits per heavy atom. The smallest absolute Gasteiger partial charge is 0.322 e. The van der Waals surface area contributed by atoms with Crippen molar-refractivity contribution < 1.29 is 17.4 Å². The van der Waals surface area contributed by atoms with Crippen molar-refractivity contribution in [3.63, 3.8) is 0 Å². The summed E-state index contributed by atoms with van der Waals surface area (Å²) in [6.07, 6.45) is 0.986. The van der Waals surface area contributed by atoms with E-state index < -0.39 is 10.1 Å². The summed E-state index contributed by atoms with van der Waals surface area (Å²) in [5, 5.41) is 3.42. The molecule has 0 radical (unpaired) electrons. The van der Waals surface area contributed by atoms with Gasteiger partial charge in [0.05, 0.1) is 6.26 Å². The molecule has 0 unspecified atom stereocenters. The average Bonchev–Trinajstić information content (AvgIpc) is 2.54. The molecule has 0 aliphatic carbocycles. The first-order valence-electron chi connectivity index (χ1n) is 8.37. The van der Waals surface area contributed by atoms with E-state index in [9.17, 15) is 13.2 Å². The Morgan fingerprint density at radius 3 is 2.52 bits per heavy atom. The number of rotatable bonds is 6. The molecule has 2 aromatic carbocycles. The van der Waals surface area contributed by atoms with Gasteiger partial charge in [-0.3, -0.25) is 0 Å². The van der Waals surface area contributed by atoms with Crippen molar-refractivity contribution in [2.45, 2.75) is 33.4 Å². The molecule has 0 saturated carbocycles. The second-order valence-electron chi connectivity index (χ2n) is 6.55. The van der Waals surface area contributed by atoms with Crippen molar-refractivity contribution in [3.05, 3.63) is 58.6 Å². The average molecular weight is 411 g/mol. The summed E-state index contributed by atoms with van der Waals surface area (Å²) in [5.41, 5.74) is 2.29. The third-order valence-electron chi connectivity index (χ3n) is 3.81. The first kappa shape index (κ1) is 21.1. The zero-order valence-electron chi connectivity index (χ0n) is 15.7. The summed E-state index contributed by atoms with van der Waals surface area (Å²) >= 11 is 6.11. The molecule has 8 heteroatoms. The van der Waals surface area contributed by atoms with Crippen LogP contribution in [-0.2, 0) is 16.7 Å². The van der Waals surface area contributed by atoms with Crippen molar-refractivity contribution in [2.24, 2.45) is 0 Å². The van der Waals surface area contributed by atoms with Crippen LogP contribution in [0, 0.1) is 6.92 Å². The lowest BCUT2D eigenvalue weighted by Crippen LogP contribution is -2.39. The number of hydrogen-bond acceptors (Lipinski definition) is 4. The predicted octanol–water partition coefficient (Wildman–Crippen LogP) is 4.43. The summed E-state index contributed by atoms with van der Waals surface area (Å²) in [4.78, 5) is 14.3. The fraction of sp³-hybridized carbons (Fsp3) is 0.316. The van der Waals surface area contributed by atoms with E-state index in [0.29, 0.717) is 17.3 Å². The van der Waals surface area contributed by atoms with Crippen LogP contribution in [0.25, 0.3) is 0 Å². The Labute approximate surface area is 165 Å². The highest BCUT2D eigenvalue weighted by Crippen LogP contribution is 2.22. The van der Waals surface area contributed by atoms with Crippen molar-refractivity contribution >= 4 is 33.4 Å². The first-order chi connectivity index (χ1) is 12.5. The highest BCUT2D eigenvalue weighted by atomic mass is 35.5. The molecule has 6 nitrogen and oxygen atoms in total. The van der Waals surface area contributed by atoms with Gasteiger partial charge in [-0.25, -0.2) is 4.79 Å². The van der Waals surface area contributed by atoms with Gasteiger partial charge in [0.1, 0.15) is 5.75 Å². The molecular formula is C19H23ClN2O4S. The number of carbonyl (C=O) groups excluding carboxylic acids is 1. The second kappa shape index (κ2) is 8.63. The maximum Gasteiger partial charge on any atom is 0.322 e. The molecule has 1 N–H and O–H groups in total. The highest BCUT2D eigenvalue weighted by Gasteiger charge is 2.18. The zero-order valence-corrected chi connectivity index (χ0v) is 17.3. The summed E-state index contributed by atoms with van der Waals surface area (Å²) in [7, 11) is -3.61. The molecule has 146 valence electrons. The number of carbonyl (C=O) groups is 1. The van der Waals surface area contributed by atoms with Gasteiger partial charge in [-0.2, -0.15) is 8.42 Å². The van der Waals surface area contributed by atoms with E-state index in [-0.39, 0.29) is 17.8 Å². The molecule has 2 amide bonds. The molecule has 0 bridgehead atoms. The third kappa shape index (κ3) is 6.45. The SMILES string of the molecule is Cc1ccc(NC(=O)N(Cc2cccc(OS(C)(=O)=O)c2)C(C)C)cc1Cl. The standard InChI is InChI=1S/C19H23ClN2O4S/c1-13(2)22(19(23)21-16-9-8-14(3)18(20)11-16)12-15-6-5-7-17(10-15)26-27(4,24)25/h5-11,13H,12H2,1-4H3,(H,21,23). The van der Waals surface area contributed by atoms with Crippen molar-refractivity contribution in [1.29, 1.82) is 0 Å². The summed E-state index contributed by atoms with van der Waals surface area (Å²) in [6.45, 7) is 5.99. The Bertz CT molecular complexity index is 929. The minimum Gasteiger partial charge on any atom is -0.383 e. The van der Waals surface area contributed by atoms with E-state index in [4.69, 9.17) is 15.8 Å². The van der Waals surface area contributed by atoms with E-state index in [0.717, 1.165) is 17.4 Å². The fourth-order valence-electron chi connectivity index (χ4n) is 2.42. The van der Waals surface area contributed by atoms with Crippen LogP contribution in [0.1, 0.15) is 25.0 Å². The van der Waals surface area contributed by atoms with Crippen LogP contribution < -0.4 is 9.50 Å². The van der Waals surface area contributed by atoms with Crippen LogP contribution in [0.2, 0.25) is 5.02 Å². The van der Waals surface area contributed by atoms with Crippen molar-refractivity contribution in [1.82, 2.24) is 4.90 Å². The lowest BCUT2D eigenvalue weighted by molar-refractivity contribution is 0.193. The van der Waals surface area contributed by atoms with Crippen LogP contribution in [0.5, 0.6) is 5.75 Å². The van der Waals surface area contributed by atoms with Crippen LogP contribution in [0.3, 0.4) is 0 Å². The number of nitrogens with zero attached hydrogens (tertiary/aromatic N) is 1. The van der Waals surface area contributed by atoms with Gasteiger partial charge in [0.25, 0.3) is 0 Å². The van der Waals surface area contributed by atoms with Crippen LogP contribution in [-0.4, -0.2) is 31.6 Å². The lowest BCUT2D eigenvalue weighted by atomic mass is 10.2. The van der Waals surface area contributed by atoms with Gasteiger partial charge in [0, 0.05) is 23.3 Å². The second-order valence-corrected chi connectivity index (χ2v) is 8.53. The quantitative estimate of drug-likeness (QED) is 0.715. The Hall–Kier alpha value is -2.25. The molecule has 2 rings (SSSR count). The molecule has 0 fully saturated rings. The number of benzene rings is 2. The topological polar surface area (TPSA) is 75.7 Å². The van der Waals surface area contributed by atoms with Crippen LogP contribution in [0.4, 0.5) is 10.5 Å². The molecular weight excluding hydrogens is 388 g/mol. The lowest BCUT2D eigenvalue weighted by Gasteiger charge is -2.27. The van der Waals surface area contributed by atoms with Gasteiger partial charge in [-0.1, -0.05) is 29.8 Å². The molecule has 0 aromatic heterocycles. The minimum absolute atomic E-state index is 0.0783. The number of urea groups is 1. The maximum absolute atomic E-state index is 12.7. The predicted molar refractivity (Wildman–Crippen MR) is 108 cm³/mol. The molecule has 27 heavy (non-hydrogen) atoms. The van der Waals surface area contributed by atoms with E-state index in [2.05, 4.69) is 5.32 Å². The molecule has 0 spiro atoms. The summed E-state index contributed by atoms with van der Waals surface area (Å²) in [6, 6.07) is 11.6. The molecule has 0 heterocycles. The number of nitrogens with one attached hydrogen (secondary N) is 1. The molecule has 0 aliphatic rings. The zero-order chi connectivity index (χ0) is 20.2. The Morgan fingerprint density at radius 1 is 1.22 bits per heavy atom.